The predicted molar refractivity (Wildman–Crippen MR) is 207 cm³/mol. The zero-order valence-corrected chi connectivity index (χ0v) is 33.4. The second-order valence-corrected chi connectivity index (χ2v) is 14.7. The van der Waals surface area contributed by atoms with Gasteiger partial charge < -0.3 is 83.9 Å². The summed E-state index contributed by atoms with van der Waals surface area (Å²) in [5.41, 5.74) is 1.11. The van der Waals surface area contributed by atoms with Crippen LogP contribution in [0, 0.1) is 0 Å². The van der Waals surface area contributed by atoms with E-state index in [-0.39, 0.29) is 42.3 Å². The highest BCUT2D eigenvalue weighted by atomic mass is 16.7. The van der Waals surface area contributed by atoms with Crippen LogP contribution in [0.4, 0.5) is 0 Å². The molecule has 18 heteroatoms. The van der Waals surface area contributed by atoms with Crippen LogP contribution < -0.4 is 14.2 Å². The minimum atomic E-state index is -1.75. The molecule has 2 aromatic carbocycles. The van der Waals surface area contributed by atoms with E-state index in [0.29, 0.717) is 16.7 Å². The predicted octanol–water partition coefficient (Wildman–Crippen LogP) is 0.790. The Labute approximate surface area is 345 Å². The molecule has 2 saturated heterocycles. The number of aliphatic hydroxyl groups excluding tert-OH is 6. The molecule has 0 bridgehead atoms. The molecule has 0 saturated carbocycles. The highest BCUT2D eigenvalue weighted by Gasteiger charge is 2.53. The summed E-state index contributed by atoms with van der Waals surface area (Å²) in [7, 11) is 2.54. The summed E-state index contributed by atoms with van der Waals surface area (Å²) in [6.07, 6.45) is -1.67. The van der Waals surface area contributed by atoms with E-state index in [1.807, 2.05) is 0 Å². The van der Waals surface area contributed by atoms with Crippen LogP contribution >= 0.6 is 0 Å². The van der Waals surface area contributed by atoms with Gasteiger partial charge in [-0.3, -0.25) is 4.79 Å². The van der Waals surface area contributed by atoms with Gasteiger partial charge in [-0.05, 0) is 55.7 Å². The Morgan fingerprint density at radius 1 is 0.783 bits per heavy atom. The number of carbonyl (C=O) groups excluding carboxylic acids is 1. The van der Waals surface area contributed by atoms with Crippen LogP contribution in [0.25, 0.3) is 0 Å². The van der Waals surface area contributed by atoms with Crippen LogP contribution in [-0.2, 0) is 47.9 Å². The number of hydrogen-bond acceptors (Lipinski definition) is 18. The van der Waals surface area contributed by atoms with Gasteiger partial charge in [0.05, 0.1) is 25.7 Å². The van der Waals surface area contributed by atoms with E-state index in [1.54, 1.807) is 56.4 Å². The highest BCUT2D eigenvalue weighted by molar-refractivity contribution is 5.92. The molecule has 60 heavy (non-hydrogen) atoms. The summed E-state index contributed by atoms with van der Waals surface area (Å²) < 4.78 is 46.8. The summed E-state index contributed by atoms with van der Waals surface area (Å²) in [6, 6.07) is 2.61. The SMILES string of the molecule is C/C=C/C=C/C(=O)Cc1cc(O)c(O[C@@H]2O[C@H](CO)[C@@H](OC)[C@H](O)[C@H]2O)c2c1C[C@@H]1c3cc(O)c(O[C@@H]4O[C@H](CO)[C@@H](OC)[C@H](O)[C@H]4O)c(O)c3CO[C@]1(/C=C/C=C/C)O2. The number of rotatable bonds is 14. The third-order valence-electron chi connectivity index (χ3n) is 11.0. The normalized spacial score (nSPS) is 32.9. The maximum Gasteiger partial charge on any atom is 0.238 e. The summed E-state index contributed by atoms with van der Waals surface area (Å²) in [5.74, 6) is -5.67. The molecule has 0 radical (unpaired) electrons. The number of ketones is 1. The Balaban J connectivity index is 1.45. The molecule has 0 amide bonds. The van der Waals surface area contributed by atoms with E-state index in [2.05, 4.69) is 0 Å². The monoisotopic (exact) mass is 844 g/mol. The standard InChI is InChI=1S/C42H52O18/c1-5-7-9-11-21(45)13-20-14-26(46)37(59-41-34(52)32(50)39(54-4)29(18-44)57-41)35-22(20)15-25-23-16-27(47)36(58-40-33(51)31(49)38(53-3)28(17-43)56-40)30(48)24(23)19-55-42(25,60-35)12-10-8-6-2/h5-12,14,16,25,28-29,31-34,38-41,43-44,46-52H,13,15,17-19H2,1-4H3/b7-5+,8-6+,11-9+,12-10+/t25-,28-,29-,31-,32-,33-,34-,38-,39-,40+,41+,42-/m1/s1. The lowest BCUT2D eigenvalue weighted by molar-refractivity contribution is -0.282. The molecule has 12 atom stereocenters. The zero-order valence-electron chi connectivity index (χ0n) is 33.4. The van der Waals surface area contributed by atoms with Crippen molar-refractivity contribution in [1.29, 1.82) is 0 Å². The van der Waals surface area contributed by atoms with Gasteiger partial charge in [-0.1, -0.05) is 36.5 Å². The first-order valence-corrected chi connectivity index (χ1v) is 19.3. The Hall–Kier alpha value is -4.57. The Morgan fingerprint density at radius 2 is 1.35 bits per heavy atom. The number of aliphatic hydroxyl groups is 6. The number of ether oxygens (including phenoxy) is 8. The van der Waals surface area contributed by atoms with Gasteiger partial charge in [0.1, 0.15) is 48.8 Å². The molecule has 0 aliphatic carbocycles. The van der Waals surface area contributed by atoms with E-state index in [9.17, 15) is 50.8 Å². The molecular formula is C42H52O18. The first kappa shape index (κ1) is 45.0. The summed E-state index contributed by atoms with van der Waals surface area (Å²) in [6.45, 7) is 1.98. The summed E-state index contributed by atoms with van der Waals surface area (Å²) >= 11 is 0. The van der Waals surface area contributed by atoms with Gasteiger partial charge in [0.2, 0.25) is 29.9 Å². The number of phenolic OH excluding ortho intramolecular Hbond substituents is 3. The van der Waals surface area contributed by atoms with Crippen molar-refractivity contribution in [3.63, 3.8) is 0 Å². The second-order valence-electron chi connectivity index (χ2n) is 14.7. The first-order valence-electron chi connectivity index (χ1n) is 19.3. The number of methoxy groups -OCH3 is 2. The lowest BCUT2D eigenvalue weighted by Gasteiger charge is -2.47. The van der Waals surface area contributed by atoms with Gasteiger partial charge in [-0.15, -0.1) is 0 Å². The molecule has 2 fully saturated rings. The molecule has 2 aromatic rings. The minimum absolute atomic E-state index is 0.0334. The van der Waals surface area contributed by atoms with Gasteiger partial charge in [0, 0.05) is 31.8 Å². The van der Waals surface area contributed by atoms with Gasteiger partial charge >= 0.3 is 0 Å². The number of carbonyl (C=O) groups is 1. The topological polar surface area (TPSA) is 273 Å². The van der Waals surface area contributed by atoms with Crippen molar-refractivity contribution >= 4 is 5.78 Å². The van der Waals surface area contributed by atoms with E-state index in [0.717, 1.165) is 0 Å². The van der Waals surface area contributed by atoms with Crippen molar-refractivity contribution in [2.24, 2.45) is 0 Å². The quantitative estimate of drug-likeness (QED) is 0.0940. The van der Waals surface area contributed by atoms with E-state index in [1.165, 1.54) is 32.4 Å². The molecule has 0 aromatic heterocycles. The number of fused-ring (bicyclic) bond motifs is 4. The Bertz CT molecular complexity index is 1970. The largest absolute Gasteiger partial charge is 0.504 e. The average molecular weight is 845 g/mol. The van der Waals surface area contributed by atoms with Crippen LogP contribution in [0.15, 0.2) is 60.7 Å². The molecular weight excluding hydrogens is 792 g/mol. The number of benzene rings is 2. The smallest absolute Gasteiger partial charge is 0.238 e. The summed E-state index contributed by atoms with van der Waals surface area (Å²) in [5, 5.41) is 97.8. The van der Waals surface area contributed by atoms with Crippen molar-refractivity contribution in [3.05, 3.63) is 83.0 Å². The third-order valence-corrected chi connectivity index (χ3v) is 11.0. The fourth-order valence-corrected chi connectivity index (χ4v) is 7.95. The molecule has 0 spiro atoms. The van der Waals surface area contributed by atoms with Crippen LogP contribution in [0.2, 0.25) is 0 Å². The Morgan fingerprint density at radius 3 is 1.92 bits per heavy atom. The third kappa shape index (κ3) is 8.50. The van der Waals surface area contributed by atoms with Crippen LogP contribution in [0.1, 0.15) is 42.0 Å². The molecule has 4 heterocycles. The van der Waals surface area contributed by atoms with E-state index >= 15 is 0 Å². The lowest BCUT2D eigenvalue weighted by Crippen LogP contribution is -2.60. The maximum absolute atomic E-state index is 13.2. The van der Waals surface area contributed by atoms with Crippen molar-refractivity contribution < 1.29 is 88.6 Å². The molecule has 0 unspecified atom stereocenters. The van der Waals surface area contributed by atoms with Crippen LogP contribution in [0.3, 0.4) is 0 Å². The number of allylic oxidation sites excluding steroid dienone is 7. The van der Waals surface area contributed by atoms with Crippen molar-refractivity contribution in [2.75, 3.05) is 27.4 Å². The summed E-state index contributed by atoms with van der Waals surface area (Å²) in [4.78, 5) is 13.2. The van der Waals surface area contributed by atoms with E-state index in [4.69, 9.17) is 37.9 Å². The van der Waals surface area contributed by atoms with Gasteiger partial charge in [0.15, 0.2) is 28.8 Å². The molecule has 4 aliphatic rings. The minimum Gasteiger partial charge on any atom is -0.504 e. The van der Waals surface area contributed by atoms with Crippen molar-refractivity contribution in [1.82, 2.24) is 0 Å². The average Bonchev–Trinajstić information content (AvgIpc) is 3.23. The van der Waals surface area contributed by atoms with Crippen molar-refractivity contribution in [2.45, 2.75) is 106 Å². The highest BCUT2D eigenvalue weighted by Crippen LogP contribution is 2.57. The van der Waals surface area contributed by atoms with E-state index < -0.39 is 109 Å². The van der Waals surface area contributed by atoms with Crippen LogP contribution in [-0.4, -0.2) is 146 Å². The van der Waals surface area contributed by atoms with Crippen molar-refractivity contribution in [3.8, 4) is 34.5 Å². The zero-order chi connectivity index (χ0) is 43.5. The van der Waals surface area contributed by atoms with Gasteiger partial charge in [-0.25, -0.2) is 0 Å². The number of aromatic hydroxyl groups is 3. The van der Waals surface area contributed by atoms with Crippen LogP contribution in [0.5, 0.6) is 34.5 Å². The Kier molecular flexibility index (Phi) is 14.2. The number of phenols is 3. The number of hydrogen-bond donors (Lipinski definition) is 9. The molecule has 4 aliphatic heterocycles. The fraction of sp³-hybridized carbons (Fsp3) is 0.500. The van der Waals surface area contributed by atoms with Gasteiger partial charge in [-0.2, -0.15) is 0 Å². The molecule has 18 nitrogen and oxygen atoms in total. The lowest BCUT2D eigenvalue weighted by atomic mass is 9.76. The second kappa shape index (κ2) is 19.0. The molecule has 328 valence electrons. The maximum atomic E-state index is 13.2. The molecule has 6 rings (SSSR count). The fourth-order valence-electron chi connectivity index (χ4n) is 7.95. The first-order chi connectivity index (χ1) is 28.8. The van der Waals surface area contributed by atoms with Gasteiger partial charge in [0.25, 0.3) is 0 Å². The molecule has 9 N–H and O–H groups in total.